The van der Waals surface area contributed by atoms with Crippen LogP contribution in [0, 0.1) is 0 Å². The lowest BCUT2D eigenvalue weighted by molar-refractivity contribution is 0.0295. The highest BCUT2D eigenvalue weighted by molar-refractivity contribution is 7.92. The first-order valence-corrected chi connectivity index (χ1v) is 10.4. The minimum Gasteiger partial charge on any atom is -0.380 e. The van der Waals surface area contributed by atoms with Crippen molar-refractivity contribution >= 4 is 26.6 Å². The first-order chi connectivity index (χ1) is 12.0. The molecule has 6 nitrogen and oxygen atoms in total. The van der Waals surface area contributed by atoms with Crippen LogP contribution in [0.3, 0.4) is 0 Å². The van der Waals surface area contributed by atoms with Crippen molar-refractivity contribution in [2.75, 3.05) is 25.5 Å². The van der Waals surface area contributed by atoms with Gasteiger partial charge in [0, 0.05) is 36.8 Å². The molecule has 0 unspecified atom stereocenters. The number of rotatable bonds is 2. The van der Waals surface area contributed by atoms with E-state index in [1.165, 1.54) is 0 Å². The molecule has 2 fully saturated rings. The van der Waals surface area contributed by atoms with Gasteiger partial charge in [0.2, 0.25) is 0 Å². The highest BCUT2D eigenvalue weighted by Crippen LogP contribution is 2.30. The number of para-hydroxylation sites is 1. The van der Waals surface area contributed by atoms with E-state index < -0.39 is 15.1 Å². The predicted molar refractivity (Wildman–Crippen MR) is 95.4 cm³/mol. The number of benzene rings is 1. The average molecular weight is 362 g/mol. The number of hydrogen-bond acceptors (Lipinski definition) is 4. The maximum atomic E-state index is 13.3. The molecule has 0 saturated carbocycles. The summed E-state index contributed by atoms with van der Waals surface area (Å²) >= 11 is 0. The summed E-state index contributed by atoms with van der Waals surface area (Å²) < 4.78 is 32.2. The van der Waals surface area contributed by atoms with Crippen molar-refractivity contribution in [3.63, 3.8) is 0 Å². The molecule has 0 N–H and O–H groups in total. The zero-order chi connectivity index (χ0) is 17.6. The highest BCUT2D eigenvalue weighted by Gasteiger charge is 2.45. The van der Waals surface area contributed by atoms with Crippen LogP contribution in [0.1, 0.15) is 23.7 Å². The first-order valence-electron chi connectivity index (χ1n) is 8.71. The Labute approximate surface area is 147 Å². The fraction of sp³-hybridized carbons (Fsp3) is 0.500. The Morgan fingerprint density at radius 3 is 2.92 bits per heavy atom. The van der Waals surface area contributed by atoms with Crippen molar-refractivity contribution in [3.05, 3.63) is 36.0 Å². The van der Waals surface area contributed by atoms with E-state index in [0.717, 1.165) is 17.4 Å². The summed E-state index contributed by atoms with van der Waals surface area (Å²) in [6.07, 6.45) is 2.46. The molecule has 3 heterocycles. The Morgan fingerprint density at radius 1 is 1.32 bits per heavy atom. The Hall–Kier alpha value is -1.86. The average Bonchev–Trinajstić information content (AvgIpc) is 3.00. The lowest BCUT2D eigenvalue weighted by atomic mass is 10.0. The van der Waals surface area contributed by atoms with Gasteiger partial charge in [0.25, 0.3) is 5.91 Å². The summed E-state index contributed by atoms with van der Waals surface area (Å²) in [4.78, 5) is 15.0. The molecule has 0 radical (unpaired) electrons. The smallest absolute Gasteiger partial charge is 0.256 e. The second kappa shape index (κ2) is 6.14. The Bertz CT molecular complexity index is 918. The molecule has 2 aliphatic rings. The van der Waals surface area contributed by atoms with Gasteiger partial charge in [-0.05, 0) is 19.4 Å². The van der Waals surface area contributed by atoms with E-state index in [4.69, 9.17) is 4.74 Å². The molecular weight excluding hydrogens is 340 g/mol. The van der Waals surface area contributed by atoms with Crippen molar-refractivity contribution in [2.45, 2.75) is 31.2 Å². The molecule has 2 aliphatic heterocycles. The van der Waals surface area contributed by atoms with Crippen molar-refractivity contribution in [3.8, 4) is 0 Å². The van der Waals surface area contributed by atoms with Crippen LogP contribution >= 0.6 is 0 Å². The molecule has 1 amide bonds. The van der Waals surface area contributed by atoms with E-state index in [1.807, 2.05) is 37.4 Å². The first kappa shape index (κ1) is 16.6. The third-order valence-corrected chi connectivity index (χ3v) is 7.49. The summed E-state index contributed by atoms with van der Waals surface area (Å²) in [6.45, 7) is 3.77. The van der Waals surface area contributed by atoms with Crippen LogP contribution in [0.2, 0.25) is 0 Å². The minimum atomic E-state index is -3.20. The molecule has 2 saturated heterocycles. The van der Waals surface area contributed by atoms with Crippen LogP contribution in [0.25, 0.3) is 10.9 Å². The molecule has 25 heavy (non-hydrogen) atoms. The second-order valence-corrected chi connectivity index (χ2v) is 9.02. The van der Waals surface area contributed by atoms with Crippen molar-refractivity contribution < 1.29 is 17.9 Å². The van der Waals surface area contributed by atoms with Crippen LogP contribution in [0.15, 0.2) is 30.5 Å². The molecule has 1 aromatic heterocycles. The molecule has 0 bridgehead atoms. The summed E-state index contributed by atoms with van der Waals surface area (Å²) in [5.74, 6) is -0.0643. The number of hydrogen-bond donors (Lipinski definition) is 0. The fourth-order valence-electron chi connectivity index (χ4n) is 4.03. The number of carbonyl (C=O) groups is 1. The van der Waals surface area contributed by atoms with Gasteiger partial charge in [-0.2, -0.15) is 0 Å². The van der Waals surface area contributed by atoms with Gasteiger partial charge in [0.1, 0.15) is 5.25 Å². The number of carbonyl (C=O) groups excluding carboxylic acids is 1. The summed E-state index contributed by atoms with van der Waals surface area (Å²) in [5, 5.41) is 0.324. The number of fused-ring (bicyclic) bond motifs is 2. The van der Waals surface area contributed by atoms with E-state index in [-0.39, 0.29) is 30.9 Å². The Balaban J connectivity index is 1.74. The summed E-state index contributed by atoms with van der Waals surface area (Å²) in [5.41, 5.74) is 1.68. The van der Waals surface area contributed by atoms with Gasteiger partial charge < -0.3 is 14.2 Å². The van der Waals surface area contributed by atoms with Crippen LogP contribution in [0.4, 0.5) is 0 Å². The zero-order valence-corrected chi connectivity index (χ0v) is 15.0. The van der Waals surface area contributed by atoms with Crippen LogP contribution in [-0.4, -0.2) is 60.6 Å². The Kier molecular flexibility index (Phi) is 4.08. The minimum absolute atomic E-state index is 0.00961. The second-order valence-electron chi connectivity index (χ2n) is 6.68. The molecule has 0 aliphatic carbocycles. The number of nitrogens with zero attached hydrogens (tertiary/aromatic N) is 2. The molecule has 4 rings (SSSR count). The van der Waals surface area contributed by atoms with Gasteiger partial charge in [0.15, 0.2) is 9.84 Å². The monoisotopic (exact) mass is 362 g/mol. The van der Waals surface area contributed by atoms with Crippen LogP contribution in [0.5, 0.6) is 0 Å². The van der Waals surface area contributed by atoms with Gasteiger partial charge in [0.05, 0.1) is 24.0 Å². The molecule has 134 valence electrons. The quantitative estimate of drug-likeness (QED) is 0.815. The third-order valence-electron chi connectivity index (χ3n) is 5.37. The van der Waals surface area contributed by atoms with E-state index in [1.54, 1.807) is 4.90 Å². The molecule has 2 atom stereocenters. The number of sulfone groups is 1. The molecule has 0 spiro atoms. The Morgan fingerprint density at radius 2 is 2.12 bits per heavy atom. The van der Waals surface area contributed by atoms with E-state index >= 15 is 0 Å². The number of aryl methyl sites for hydroxylation is 1. The third kappa shape index (κ3) is 2.66. The van der Waals surface area contributed by atoms with Crippen molar-refractivity contribution in [2.24, 2.45) is 0 Å². The largest absolute Gasteiger partial charge is 0.380 e. The van der Waals surface area contributed by atoms with E-state index in [0.29, 0.717) is 18.6 Å². The normalized spacial score (nSPS) is 25.7. The number of aromatic nitrogens is 1. The van der Waals surface area contributed by atoms with Gasteiger partial charge in [-0.25, -0.2) is 8.42 Å². The number of ether oxygens (including phenoxy) is 1. The maximum absolute atomic E-state index is 13.3. The van der Waals surface area contributed by atoms with E-state index in [2.05, 4.69) is 4.57 Å². The topological polar surface area (TPSA) is 68.6 Å². The molecule has 1 aromatic carbocycles. The van der Waals surface area contributed by atoms with Crippen LogP contribution in [-0.2, 0) is 21.1 Å². The lowest BCUT2D eigenvalue weighted by Crippen LogP contribution is -2.60. The van der Waals surface area contributed by atoms with Crippen LogP contribution < -0.4 is 0 Å². The molecule has 2 aromatic rings. The van der Waals surface area contributed by atoms with Crippen molar-refractivity contribution in [1.82, 2.24) is 9.47 Å². The maximum Gasteiger partial charge on any atom is 0.256 e. The lowest BCUT2D eigenvalue weighted by Gasteiger charge is -2.43. The highest BCUT2D eigenvalue weighted by atomic mass is 32.2. The summed E-state index contributed by atoms with van der Waals surface area (Å²) in [7, 11) is -3.20. The number of amides is 1. The summed E-state index contributed by atoms with van der Waals surface area (Å²) in [6, 6.07) is 7.57. The molecular formula is C18H22N2O4S. The molecule has 7 heteroatoms. The predicted octanol–water partition coefficient (Wildman–Crippen LogP) is 1.69. The van der Waals surface area contributed by atoms with E-state index in [9.17, 15) is 13.2 Å². The SMILES string of the molecule is CCn1cc(C(=O)N2CCS(=O)(=O)[C@@H]3COCC[C@H]32)c2ccccc21. The van der Waals surface area contributed by atoms with Crippen molar-refractivity contribution in [1.29, 1.82) is 0 Å². The van der Waals surface area contributed by atoms with Gasteiger partial charge in [-0.1, -0.05) is 18.2 Å². The van der Waals surface area contributed by atoms with Gasteiger partial charge >= 0.3 is 0 Å². The standard InChI is InChI=1S/C18H22N2O4S/c1-2-19-11-14(13-5-3-4-6-15(13)19)18(21)20-8-10-25(22,23)17-12-24-9-7-16(17)20/h3-6,11,16-17H,2,7-10,12H2,1H3/t16-,17-/m1/s1. The fourth-order valence-corrected chi connectivity index (χ4v) is 5.85. The zero-order valence-electron chi connectivity index (χ0n) is 14.2. The van der Waals surface area contributed by atoms with Gasteiger partial charge in [-0.15, -0.1) is 0 Å². The van der Waals surface area contributed by atoms with Gasteiger partial charge in [-0.3, -0.25) is 4.79 Å².